The zero-order chi connectivity index (χ0) is 10.4. The monoisotopic (exact) mass is 203 g/mol. The van der Waals surface area contributed by atoms with Gasteiger partial charge in [0.15, 0.2) is 0 Å². The SMILES string of the molecule is COCC1CCC(COC)N1CCO. The number of aliphatic hydroxyl groups excluding tert-OH is 1. The molecule has 1 aliphatic heterocycles. The van der Waals surface area contributed by atoms with E-state index < -0.39 is 0 Å². The minimum atomic E-state index is 0.209. The molecule has 1 aliphatic rings. The minimum Gasteiger partial charge on any atom is -0.395 e. The molecule has 84 valence electrons. The van der Waals surface area contributed by atoms with Crippen LogP contribution >= 0.6 is 0 Å². The molecule has 0 bridgehead atoms. The lowest BCUT2D eigenvalue weighted by Gasteiger charge is -2.28. The highest BCUT2D eigenvalue weighted by Crippen LogP contribution is 2.23. The van der Waals surface area contributed by atoms with Gasteiger partial charge in [-0.25, -0.2) is 0 Å². The molecule has 1 saturated heterocycles. The molecule has 0 aromatic rings. The average Bonchev–Trinajstić information content (AvgIpc) is 2.52. The molecular weight excluding hydrogens is 182 g/mol. The molecule has 1 heterocycles. The van der Waals surface area contributed by atoms with Gasteiger partial charge in [-0.3, -0.25) is 4.90 Å². The fraction of sp³-hybridized carbons (Fsp3) is 1.00. The van der Waals surface area contributed by atoms with E-state index in [1.54, 1.807) is 14.2 Å². The Morgan fingerprint density at radius 3 is 2.00 bits per heavy atom. The zero-order valence-electron chi connectivity index (χ0n) is 9.11. The van der Waals surface area contributed by atoms with Gasteiger partial charge in [-0.15, -0.1) is 0 Å². The second-order valence-electron chi connectivity index (χ2n) is 3.76. The van der Waals surface area contributed by atoms with E-state index in [-0.39, 0.29) is 6.61 Å². The number of hydrogen-bond donors (Lipinski definition) is 1. The largest absolute Gasteiger partial charge is 0.395 e. The van der Waals surface area contributed by atoms with Crippen molar-refractivity contribution in [3.05, 3.63) is 0 Å². The van der Waals surface area contributed by atoms with Crippen LogP contribution in [0.1, 0.15) is 12.8 Å². The van der Waals surface area contributed by atoms with Gasteiger partial charge >= 0.3 is 0 Å². The average molecular weight is 203 g/mol. The first-order chi connectivity index (χ1) is 6.83. The molecule has 0 aliphatic carbocycles. The van der Waals surface area contributed by atoms with E-state index in [0.717, 1.165) is 32.6 Å². The van der Waals surface area contributed by atoms with Crippen LogP contribution in [0, 0.1) is 0 Å². The third-order valence-electron chi connectivity index (χ3n) is 2.85. The maximum Gasteiger partial charge on any atom is 0.0618 e. The number of β-amino-alcohol motifs (C(OH)–C–C–N with tert-alkyl or cyclic N) is 1. The normalized spacial score (nSPS) is 28.5. The summed E-state index contributed by atoms with van der Waals surface area (Å²) in [6.45, 7) is 2.43. The Morgan fingerprint density at radius 2 is 1.64 bits per heavy atom. The summed E-state index contributed by atoms with van der Waals surface area (Å²) >= 11 is 0. The quantitative estimate of drug-likeness (QED) is 0.665. The third kappa shape index (κ3) is 2.92. The fourth-order valence-electron chi connectivity index (χ4n) is 2.24. The van der Waals surface area contributed by atoms with Crippen molar-refractivity contribution in [1.82, 2.24) is 4.90 Å². The molecular formula is C10H21NO3. The highest BCUT2D eigenvalue weighted by atomic mass is 16.5. The van der Waals surface area contributed by atoms with Gasteiger partial charge in [-0.2, -0.15) is 0 Å². The van der Waals surface area contributed by atoms with Crippen LogP contribution in [-0.4, -0.2) is 62.7 Å². The second kappa shape index (κ2) is 6.35. The van der Waals surface area contributed by atoms with E-state index in [1.807, 2.05) is 0 Å². The summed E-state index contributed by atoms with van der Waals surface area (Å²) in [6.07, 6.45) is 2.28. The van der Waals surface area contributed by atoms with Gasteiger partial charge in [-0.1, -0.05) is 0 Å². The molecule has 4 heteroatoms. The lowest BCUT2D eigenvalue weighted by Crippen LogP contribution is -2.42. The Kier molecular flexibility index (Phi) is 5.40. The number of rotatable bonds is 6. The summed E-state index contributed by atoms with van der Waals surface area (Å²) in [7, 11) is 3.45. The van der Waals surface area contributed by atoms with E-state index in [4.69, 9.17) is 14.6 Å². The smallest absolute Gasteiger partial charge is 0.0618 e. The van der Waals surface area contributed by atoms with Crippen LogP contribution in [-0.2, 0) is 9.47 Å². The van der Waals surface area contributed by atoms with Crippen LogP contribution in [0.3, 0.4) is 0 Å². The summed E-state index contributed by atoms with van der Waals surface area (Å²) in [6, 6.07) is 0.902. The molecule has 0 radical (unpaired) electrons. The second-order valence-corrected chi connectivity index (χ2v) is 3.76. The van der Waals surface area contributed by atoms with Gasteiger partial charge in [0.25, 0.3) is 0 Å². The van der Waals surface area contributed by atoms with Crippen molar-refractivity contribution in [3.63, 3.8) is 0 Å². The summed E-state index contributed by atoms with van der Waals surface area (Å²) < 4.78 is 10.3. The van der Waals surface area contributed by atoms with E-state index in [0.29, 0.717) is 12.1 Å². The van der Waals surface area contributed by atoms with E-state index >= 15 is 0 Å². The summed E-state index contributed by atoms with van der Waals surface area (Å²) in [5, 5.41) is 8.98. The van der Waals surface area contributed by atoms with Crippen molar-refractivity contribution in [1.29, 1.82) is 0 Å². The van der Waals surface area contributed by atoms with Crippen molar-refractivity contribution < 1.29 is 14.6 Å². The molecule has 1 fully saturated rings. The number of nitrogens with zero attached hydrogens (tertiary/aromatic N) is 1. The Bertz CT molecular complexity index is 140. The number of aliphatic hydroxyl groups is 1. The third-order valence-corrected chi connectivity index (χ3v) is 2.85. The van der Waals surface area contributed by atoms with Crippen LogP contribution in [0.15, 0.2) is 0 Å². The van der Waals surface area contributed by atoms with Gasteiger partial charge in [0.2, 0.25) is 0 Å². The van der Waals surface area contributed by atoms with Crippen molar-refractivity contribution in [2.24, 2.45) is 0 Å². The van der Waals surface area contributed by atoms with E-state index in [2.05, 4.69) is 4.90 Å². The van der Waals surface area contributed by atoms with Crippen molar-refractivity contribution >= 4 is 0 Å². The van der Waals surface area contributed by atoms with Gasteiger partial charge in [0.1, 0.15) is 0 Å². The molecule has 0 amide bonds. The fourth-order valence-corrected chi connectivity index (χ4v) is 2.24. The van der Waals surface area contributed by atoms with Crippen molar-refractivity contribution in [3.8, 4) is 0 Å². The van der Waals surface area contributed by atoms with Crippen LogP contribution in [0.4, 0.5) is 0 Å². The Balaban J connectivity index is 2.45. The molecule has 2 atom stereocenters. The molecule has 1 rings (SSSR count). The van der Waals surface area contributed by atoms with Crippen LogP contribution in [0.25, 0.3) is 0 Å². The molecule has 0 saturated carbocycles. The molecule has 1 N–H and O–H groups in total. The first kappa shape index (κ1) is 11.9. The van der Waals surface area contributed by atoms with Gasteiger partial charge in [0, 0.05) is 32.8 Å². The summed E-state index contributed by atoms with van der Waals surface area (Å²) in [4.78, 5) is 2.30. The number of methoxy groups -OCH3 is 2. The predicted molar refractivity (Wildman–Crippen MR) is 54.4 cm³/mol. The van der Waals surface area contributed by atoms with Crippen molar-refractivity contribution in [2.45, 2.75) is 24.9 Å². The van der Waals surface area contributed by atoms with E-state index in [9.17, 15) is 0 Å². The lowest BCUT2D eigenvalue weighted by atomic mass is 10.2. The Morgan fingerprint density at radius 1 is 1.14 bits per heavy atom. The molecule has 0 aromatic carbocycles. The summed E-state index contributed by atoms with van der Waals surface area (Å²) in [5.74, 6) is 0. The van der Waals surface area contributed by atoms with Gasteiger partial charge in [0.05, 0.1) is 19.8 Å². The van der Waals surface area contributed by atoms with Gasteiger partial charge in [-0.05, 0) is 12.8 Å². The Labute approximate surface area is 85.8 Å². The van der Waals surface area contributed by atoms with Crippen LogP contribution in [0.5, 0.6) is 0 Å². The van der Waals surface area contributed by atoms with Gasteiger partial charge < -0.3 is 14.6 Å². The molecule has 2 unspecified atom stereocenters. The lowest BCUT2D eigenvalue weighted by molar-refractivity contribution is 0.0517. The highest BCUT2D eigenvalue weighted by molar-refractivity contribution is 4.87. The van der Waals surface area contributed by atoms with Crippen LogP contribution < -0.4 is 0 Å². The molecule has 0 spiro atoms. The standard InChI is InChI=1S/C10H21NO3/c1-13-7-9-3-4-10(8-14-2)11(9)5-6-12/h9-10,12H,3-8H2,1-2H3. The number of hydrogen-bond acceptors (Lipinski definition) is 4. The molecule has 4 nitrogen and oxygen atoms in total. The zero-order valence-corrected chi connectivity index (χ0v) is 9.11. The molecule has 0 aromatic heterocycles. The highest BCUT2D eigenvalue weighted by Gasteiger charge is 2.32. The molecule has 14 heavy (non-hydrogen) atoms. The Hall–Kier alpha value is -0.160. The number of likely N-dealkylation sites (tertiary alicyclic amines) is 1. The minimum absolute atomic E-state index is 0.209. The maximum atomic E-state index is 8.98. The topological polar surface area (TPSA) is 41.9 Å². The first-order valence-corrected chi connectivity index (χ1v) is 5.18. The maximum absolute atomic E-state index is 8.98. The predicted octanol–water partition coefficient (Wildman–Crippen LogP) is 0.104. The van der Waals surface area contributed by atoms with E-state index in [1.165, 1.54) is 0 Å². The van der Waals surface area contributed by atoms with Crippen LogP contribution in [0.2, 0.25) is 0 Å². The summed E-state index contributed by atoms with van der Waals surface area (Å²) in [5.41, 5.74) is 0. The van der Waals surface area contributed by atoms with Crippen molar-refractivity contribution in [2.75, 3.05) is 40.6 Å². The first-order valence-electron chi connectivity index (χ1n) is 5.18. The number of ether oxygens (including phenoxy) is 2.